The first-order valence-corrected chi connectivity index (χ1v) is 13.0. The smallest absolute Gasteiger partial charge is 0.410 e. The molecule has 1 unspecified atom stereocenters. The van der Waals surface area contributed by atoms with E-state index < -0.39 is 35.3 Å². The Hall–Kier alpha value is -3.43. The maximum atomic E-state index is 13.3. The molecule has 10 nitrogen and oxygen atoms in total. The Bertz CT molecular complexity index is 1160. The molecule has 0 radical (unpaired) electrons. The fourth-order valence-corrected chi connectivity index (χ4v) is 5.95. The van der Waals surface area contributed by atoms with Gasteiger partial charge in [0.15, 0.2) is 0 Å². The van der Waals surface area contributed by atoms with Gasteiger partial charge < -0.3 is 15.0 Å². The van der Waals surface area contributed by atoms with Gasteiger partial charge in [-0.15, -0.1) is 0 Å². The molecular weight excluding hydrogens is 476 g/mol. The second-order valence-corrected chi connectivity index (χ2v) is 11.8. The Morgan fingerprint density at radius 3 is 2.43 bits per heavy atom. The van der Waals surface area contributed by atoms with Gasteiger partial charge in [0.1, 0.15) is 11.6 Å². The zero-order chi connectivity index (χ0) is 26.5. The van der Waals surface area contributed by atoms with Crippen LogP contribution in [0, 0.1) is 11.3 Å². The predicted octanol–water partition coefficient (Wildman–Crippen LogP) is 2.93. The first-order valence-electron chi connectivity index (χ1n) is 13.0. The van der Waals surface area contributed by atoms with E-state index >= 15 is 0 Å². The topological polar surface area (TPSA) is 125 Å². The van der Waals surface area contributed by atoms with E-state index in [-0.39, 0.29) is 35.5 Å². The lowest BCUT2D eigenvalue weighted by Crippen LogP contribution is -2.60. The number of nitrogens with zero attached hydrogens (tertiary/aromatic N) is 2. The highest BCUT2D eigenvalue weighted by molar-refractivity contribution is 6.25. The van der Waals surface area contributed by atoms with Gasteiger partial charge in [-0.1, -0.05) is 6.07 Å². The number of hydrogen-bond donors (Lipinski definition) is 2. The summed E-state index contributed by atoms with van der Waals surface area (Å²) in [6.07, 6.45) is 4.07. The maximum Gasteiger partial charge on any atom is 0.410 e. The highest BCUT2D eigenvalue weighted by atomic mass is 16.6. The minimum Gasteiger partial charge on any atom is -0.444 e. The Kier molecular flexibility index (Phi) is 6.24. The number of likely N-dealkylation sites (tertiary alicyclic amines) is 1. The zero-order valence-corrected chi connectivity index (χ0v) is 21.6. The molecule has 1 spiro atoms. The molecule has 3 heterocycles. The second-order valence-electron chi connectivity index (χ2n) is 11.8. The van der Waals surface area contributed by atoms with Crippen molar-refractivity contribution >= 4 is 35.4 Å². The van der Waals surface area contributed by atoms with Crippen molar-refractivity contribution in [3.8, 4) is 0 Å². The van der Waals surface area contributed by atoms with E-state index in [2.05, 4.69) is 10.6 Å². The lowest BCUT2D eigenvalue weighted by Gasteiger charge is -2.53. The lowest BCUT2D eigenvalue weighted by molar-refractivity contribution is -0.136. The summed E-state index contributed by atoms with van der Waals surface area (Å²) < 4.78 is 5.48. The number of piperidine rings is 1. The molecular formula is C27H34N4O6. The van der Waals surface area contributed by atoms with Crippen LogP contribution in [0.3, 0.4) is 0 Å². The summed E-state index contributed by atoms with van der Waals surface area (Å²) in [6.45, 7) is 7.76. The van der Waals surface area contributed by atoms with E-state index in [1.807, 2.05) is 20.8 Å². The Morgan fingerprint density at radius 1 is 1.08 bits per heavy atom. The van der Waals surface area contributed by atoms with Crippen LogP contribution in [0.1, 0.15) is 80.0 Å². The van der Waals surface area contributed by atoms with Gasteiger partial charge in [-0.25, -0.2) is 4.79 Å². The van der Waals surface area contributed by atoms with E-state index in [9.17, 15) is 24.0 Å². The standard InChI is InChI=1S/C27H34N4O6/c1-26(2,3)37-25(36)30-14-27(15-30)11-9-16(10-12-27)13-28-18-6-4-5-17-21(18)24(35)31(23(17)34)19-7-8-20(32)29-22(19)33/h4-6,16,19,28H,7-15H2,1-3H3,(H,29,32,33). The number of imide groups is 2. The van der Waals surface area contributed by atoms with Crippen molar-refractivity contribution in [1.82, 2.24) is 15.1 Å². The van der Waals surface area contributed by atoms with Crippen molar-refractivity contribution in [1.29, 1.82) is 0 Å². The van der Waals surface area contributed by atoms with Crippen molar-refractivity contribution in [2.75, 3.05) is 25.0 Å². The van der Waals surface area contributed by atoms with Crippen molar-refractivity contribution in [3.05, 3.63) is 29.3 Å². The van der Waals surface area contributed by atoms with Gasteiger partial charge in [-0.2, -0.15) is 0 Å². The molecule has 37 heavy (non-hydrogen) atoms. The van der Waals surface area contributed by atoms with Crippen molar-refractivity contribution in [3.63, 3.8) is 0 Å². The highest BCUT2D eigenvalue weighted by Crippen LogP contribution is 2.46. The number of ether oxygens (including phenoxy) is 1. The molecule has 5 rings (SSSR count). The Balaban J connectivity index is 1.17. The number of hydrogen-bond acceptors (Lipinski definition) is 7. The molecule has 1 aromatic carbocycles. The average Bonchev–Trinajstić information content (AvgIpc) is 3.06. The van der Waals surface area contributed by atoms with Crippen molar-refractivity contribution in [2.24, 2.45) is 11.3 Å². The molecule has 2 saturated heterocycles. The quantitative estimate of drug-likeness (QED) is 0.597. The van der Waals surface area contributed by atoms with Crippen LogP contribution in [-0.4, -0.2) is 70.8 Å². The number of carbonyl (C=O) groups excluding carboxylic acids is 5. The van der Waals surface area contributed by atoms with Gasteiger partial charge >= 0.3 is 6.09 Å². The third-order valence-electron chi connectivity index (χ3n) is 7.92. The number of anilines is 1. The van der Waals surface area contributed by atoms with Gasteiger partial charge in [0.05, 0.1) is 11.1 Å². The molecule has 3 aliphatic heterocycles. The summed E-state index contributed by atoms with van der Waals surface area (Å²) in [5.74, 6) is -1.60. The third-order valence-corrected chi connectivity index (χ3v) is 7.92. The predicted molar refractivity (Wildman–Crippen MR) is 134 cm³/mol. The molecule has 2 N–H and O–H groups in total. The molecule has 0 bridgehead atoms. The number of fused-ring (bicyclic) bond motifs is 1. The lowest BCUT2D eigenvalue weighted by atomic mass is 9.66. The van der Waals surface area contributed by atoms with Crippen LogP contribution < -0.4 is 10.6 Å². The van der Waals surface area contributed by atoms with E-state index in [1.54, 1.807) is 23.1 Å². The molecule has 4 aliphatic rings. The zero-order valence-electron chi connectivity index (χ0n) is 21.6. The summed E-state index contributed by atoms with van der Waals surface area (Å²) in [6, 6.07) is 4.14. The SMILES string of the molecule is CC(C)(C)OC(=O)N1CC2(CCC(CNc3cccc4c3C(=O)N(C3CCC(=O)NC3=O)C4=O)CC2)C1. The number of rotatable bonds is 4. The van der Waals surface area contributed by atoms with Crippen LogP contribution in [0.25, 0.3) is 0 Å². The third kappa shape index (κ3) is 4.81. The average molecular weight is 511 g/mol. The van der Waals surface area contributed by atoms with Gasteiger partial charge in [-0.05, 0) is 70.9 Å². The fourth-order valence-electron chi connectivity index (χ4n) is 5.95. The summed E-state index contributed by atoms with van der Waals surface area (Å²) in [5.41, 5.74) is 0.832. The first kappa shape index (κ1) is 25.2. The largest absolute Gasteiger partial charge is 0.444 e. The second kappa shape index (κ2) is 9.15. The molecule has 198 valence electrons. The van der Waals surface area contributed by atoms with Crippen LogP contribution in [0.2, 0.25) is 0 Å². The highest BCUT2D eigenvalue weighted by Gasteiger charge is 2.48. The maximum absolute atomic E-state index is 13.3. The Labute approximate surface area is 216 Å². The van der Waals surface area contributed by atoms with Crippen molar-refractivity contribution in [2.45, 2.75) is 70.9 Å². The Morgan fingerprint density at radius 2 is 1.78 bits per heavy atom. The van der Waals surface area contributed by atoms with E-state index in [0.717, 1.165) is 43.7 Å². The minimum atomic E-state index is -0.977. The van der Waals surface area contributed by atoms with Crippen molar-refractivity contribution < 1.29 is 28.7 Å². The first-order chi connectivity index (χ1) is 17.5. The number of benzene rings is 1. The van der Waals surface area contributed by atoms with Crippen LogP contribution in [0.5, 0.6) is 0 Å². The van der Waals surface area contributed by atoms with Gasteiger partial charge in [0, 0.05) is 37.2 Å². The summed E-state index contributed by atoms with van der Waals surface area (Å²) in [5, 5.41) is 5.61. The monoisotopic (exact) mass is 510 g/mol. The summed E-state index contributed by atoms with van der Waals surface area (Å²) in [7, 11) is 0. The minimum absolute atomic E-state index is 0.0909. The molecule has 1 aromatic rings. The molecule has 1 aliphatic carbocycles. The van der Waals surface area contributed by atoms with Crippen LogP contribution in [-0.2, 0) is 14.3 Å². The number of nitrogens with one attached hydrogen (secondary N) is 2. The fraction of sp³-hybridized carbons (Fsp3) is 0.593. The molecule has 5 amide bonds. The van der Waals surface area contributed by atoms with E-state index in [1.165, 1.54) is 0 Å². The molecule has 1 atom stereocenters. The van der Waals surface area contributed by atoms with Gasteiger partial charge in [0.2, 0.25) is 11.8 Å². The summed E-state index contributed by atoms with van der Waals surface area (Å²) in [4.78, 5) is 65.2. The van der Waals surface area contributed by atoms with Crippen LogP contribution in [0.4, 0.5) is 10.5 Å². The summed E-state index contributed by atoms with van der Waals surface area (Å²) >= 11 is 0. The molecule has 10 heteroatoms. The molecule has 1 saturated carbocycles. The van der Waals surface area contributed by atoms with E-state index in [4.69, 9.17) is 4.74 Å². The normalized spacial score (nSPS) is 23.6. The number of amides is 5. The van der Waals surface area contributed by atoms with Crippen LogP contribution >= 0.6 is 0 Å². The van der Waals surface area contributed by atoms with Gasteiger partial charge in [0.25, 0.3) is 11.8 Å². The number of carbonyl (C=O) groups is 5. The molecule has 3 fully saturated rings. The van der Waals surface area contributed by atoms with Crippen LogP contribution in [0.15, 0.2) is 18.2 Å². The molecule has 0 aromatic heterocycles. The van der Waals surface area contributed by atoms with E-state index in [0.29, 0.717) is 18.2 Å². The van der Waals surface area contributed by atoms with Gasteiger partial charge in [-0.3, -0.25) is 29.4 Å².